The number of hydrogen-bond acceptors (Lipinski definition) is 2. The highest BCUT2D eigenvalue weighted by Gasteiger charge is 2.04. The van der Waals surface area contributed by atoms with Crippen molar-refractivity contribution in [3.63, 3.8) is 0 Å². The van der Waals surface area contributed by atoms with E-state index in [1.54, 1.807) is 0 Å². The monoisotopic (exact) mass is 172 g/mol. The molecule has 3 N–H and O–H groups in total. The first-order chi connectivity index (χ1) is 5.70. The molecule has 0 aliphatic rings. The molecule has 0 saturated carbocycles. The van der Waals surface area contributed by atoms with E-state index in [1.807, 2.05) is 7.05 Å². The Balaban J connectivity index is 3.31. The fourth-order valence-electron chi connectivity index (χ4n) is 1.47. The number of hydrogen-bond donors (Lipinski definition) is 2. The second kappa shape index (κ2) is 7.56. The fraction of sp³-hybridized carbons (Fsp3) is 1.00. The van der Waals surface area contributed by atoms with Gasteiger partial charge in [-0.25, -0.2) is 0 Å². The summed E-state index contributed by atoms with van der Waals surface area (Å²) in [5.74, 6) is 0. The molecule has 0 heterocycles. The van der Waals surface area contributed by atoms with Crippen molar-refractivity contribution < 1.29 is 0 Å². The molecule has 2 unspecified atom stereocenters. The van der Waals surface area contributed by atoms with Crippen molar-refractivity contribution >= 4 is 0 Å². The predicted molar refractivity (Wildman–Crippen MR) is 55.3 cm³/mol. The fourth-order valence-corrected chi connectivity index (χ4v) is 1.47. The molecule has 0 amide bonds. The molecule has 2 heteroatoms. The quantitative estimate of drug-likeness (QED) is 0.615. The van der Waals surface area contributed by atoms with E-state index in [0.717, 1.165) is 6.42 Å². The standard InChI is InChI=1S/C10H24N2/c1-4-6-10(12-3)8-5-7-9(2)11/h9-10,12H,4-8,11H2,1-3H3. The van der Waals surface area contributed by atoms with E-state index in [0.29, 0.717) is 12.1 Å². The van der Waals surface area contributed by atoms with Gasteiger partial charge in [0.1, 0.15) is 0 Å². The van der Waals surface area contributed by atoms with Crippen molar-refractivity contribution in [3.05, 3.63) is 0 Å². The zero-order valence-corrected chi connectivity index (χ0v) is 8.77. The maximum absolute atomic E-state index is 5.67. The summed E-state index contributed by atoms with van der Waals surface area (Å²) >= 11 is 0. The molecule has 0 fully saturated rings. The summed E-state index contributed by atoms with van der Waals surface area (Å²) < 4.78 is 0. The van der Waals surface area contributed by atoms with Crippen molar-refractivity contribution in [1.29, 1.82) is 0 Å². The van der Waals surface area contributed by atoms with Gasteiger partial charge in [0.15, 0.2) is 0 Å². The third-order valence-electron chi connectivity index (χ3n) is 2.26. The Bertz CT molecular complexity index is 91.8. The van der Waals surface area contributed by atoms with Crippen LogP contribution in [0.4, 0.5) is 0 Å². The maximum atomic E-state index is 5.67. The lowest BCUT2D eigenvalue weighted by molar-refractivity contribution is 0.451. The van der Waals surface area contributed by atoms with E-state index in [2.05, 4.69) is 19.2 Å². The predicted octanol–water partition coefficient (Wildman–Crippen LogP) is 1.89. The SMILES string of the molecule is CCCC(CCCC(C)N)NC. The van der Waals surface area contributed by atoms with Gasteiger partial charge in [0.2, 0.25) is 0 Å². The Hall–Kier alpha value is -0.0800. The molecule has 0 aromatic rings. The zero-order chi connectivity index (χ0) is 9.40. The van der Waals surface area contributed by atoms with Crippen LogP contribution in [-0.4, -0.2) is 19.1 Å². The van der Waals surface area contributed by atoms with Crippen LogP contribution in [0.3, 0.4) is 0 Å². The van der Waals surface area contributed by atoms with E-state index in [-0.39, 0.29) is 0 Å². The molecule has 0 aromatic heterocycles. The Labute approximate surface area is 76.9 Å². The summed E-state index contributed by atoms with van der Waals surface area (Å²) in [6, 6.07) is 1.07. The smallest absolute Gasteiger partial charge is 0.00639 e. The van der Waals surface area contributed by atoms with Crippen LogP contribution < -0.4 is 11.1 Å². The maximum Gasteiger partial charge on any atom is 0.00639 e. The highest BCUT2D eigenvalue weighted by Crippen LogP contribution is 2.07. The third-order valence-corrected chi connectivity index (χ3v) is 2.26. The van der Waals surface area contributed by atoms with E-state index in [4.69, 9.17) is 5.73 Å². The Morgan fingerprint density at radius 1 is 1.25 bits per heavy atom. The molecular formula is C10H24N2. The van der Waals surface area contributed by atoms with E-state index < -0.39 is 0 Å². The van der Waals surface area contributed by atoms with Gasteiger partial charge in [-0.3, -0.25) is 0 Å². The number of nitrogens with two attached hydrogens (primary N) is 1. The highest BCUT2D eigenvalue weighted by molar-refractivity contribution is 4.65. The van der Waals surface area contributed by atoms with Crippen LogP contribution >= 0.6 is 0 Å². The van der Waals surface area contributed by atoms with Crippen molar-refractivity contribution in [2.24, 2.45) is 5.73 Å². The summed E-state index contributed by atoms with van der Waals surface area (Å²) in [7, 11) is 2.05. The number of nitrogens with one attached hydrogen (secondary N) is 1. The van der Waals surface area contributed by atoms with Crippen LogP contribution in [0.15, 0.2) is 0 Å². The van der Waals surface area contributed by atoms with Crippen LogP contribution in [-0.2, 0) is 0 Å². The van der Waals surface area contributed by atoms with Gasteiger partial charge in [-0.2, -0.15) is 0 Å². The minimum absolute atomic E-state index is 0.365. The zero-order valence-electron chi connectivity index (χ0n) is 8.77. The Kier molecular flexibility index (Phi) is 7.51. The van der Waals surface area contributed by atoms with Gasteiger partial charge in [-0.1, -0.05) is 19.8 Å². The summed E-state index contributed by atoms with van der Waals surface area (Å²) in [6.07, 6.45) is 6.23. The molecule has 0 aliphatic carbocycles. The third kappa shape index (κ3) is 6.62. The molecule has 2 nitrogen and oxygen atoms in total. The van der Waals surface area contributed by atoms with Crippen molar-refractivity contribution in [2.45, 2.75) is 58.0 Å². The molecule has 0 saturated heterocycles. The molecular weight excluding hydrogens is 148 g/mol. The molecule has 0 spiro atoms. The topological polar surface area (TPSA) is 38.0 Å². The van der Waals surface area contributed by atoms with Crippen molar-refractivity contribution in [3.8, 4) is 0 Å². The molecule has 12 heavy (non-hydrogen) atoms. The summed E-state index contributed by atoms with van der Waals surface area (Å²) in [5, 5.41) is 3.34. The van der Waals surface area contributed by atoms with Gasteiger partial charge in [0, 0.05) is 12.1 Å². The number of rotatable bonds is 7. The van der Waals surface area contributed by atoms with Crippen LogP contribution in [0.25, 0.3) is 0 Å². The minimum Gasteiger partial charge on any atom is -0.328 e. The normalized spacial score (nSPS) is 16.0. The van der Waals surface area contributed by atoms with Gasteiger partial charge in [0.25, 0.3) is 0 Å². The lowest BCUT2D eigenvalue weighted by atomic mass is 10.0. The van der Waals surface area contributed by atoms with E-state index >= 15 is 0 Å². The van der Waals surface area contributed by atoms with Gasteiger partial charge in [-0.15, -0.1) is 0 Å². The van der Waals surface area contributed by atoms with Crippen LogP contribution in [0.1, 0.15) is 46.0 Å². The second-order valence-electron chi connectivity index (χ2n) is 3.68. The van der Waals surface area contributed by atoms with Crippen molar-refractivity contribution in [1.82, 2.24) is 5.32 Å². The summed E-state index contributed by atoms with van der Waals surface area (Å²) in [5.41, 5.74) is 5.67. The second-order valence-corrected chi connectivity index (χ2v) is 3.68. The minimum atomic E-state index is 0.365. The molecule has 0 rings (SSSR count). The highest BCUT2D eigenvalue weighted by atomic mass is 14.9. The summed E-state index contributed by atoms with van der Waals surface area (Å²) in [6.45, 7) is 4.31. The molecule has 2 atom stereocenters. The molecule has 0 aromatic carbocycles. The summed E-state index contributed by atoms with van der Waals surface area (Å²) in [4.78, 5) is 0. The first-order valence-electron chi connectivity index (χ1n) is 5.13. The largest absolute Gasteiger partial charge is 0.328 e. The van der Waals surface area contributed by atoms with Crippen molar-refractivity contribution in [2.75, 3.05) is 7.05 Å². The van der Waals surface area contributed by atoms with Gasteiger partial charge >= 0.3 is 0 Å². The molecule has 0 aliphatic heterocycles. The van der Waals surface area contributed by atoms with E-state index in [9.17, 15) is 0 Å². The molecule has 0 radical (unpaired) electrons. The van der Waals surface area contributed by atoms with Crippen LogP contribution in [0, 0.1) is 0 Å². The van der Waals surface area contributed by atoms with E-state index in [1.165, 1.54) is 25.7 Å². The first kappa shape index (κ1) is 11.9. The van der Waals surface area contributed by atoms with Gasteiger partial charge < -0.3 is 11.1 Å². The Morgan fingerprint density at radius 3 is 2.33 bits per heavy atom. The van der Waals surface area contributed by atoms with Crippen LogP contribution in [0.5, 0.6) is 0 Å². The molecule has 74 valence electrons. The average Bonchev–Trinajstić information content (AvgIpc) is 2.02. The Morgan fingerprint density at radius 2 is 1.92 bits per heavy atom. The van der Waals surface area contributed by atoms with Gasteiger partial charge in [0.05, 0.1) is 0 Å². The molecule has 0 bridgehead atoms. The van der Waals surface area contributed by atoms with Crippen LogP contribution in [0.2, 0.25) is 0 Å². The average molecular weight is 172 g/mol. The lowest BCUT2D eigenvalue weighted by Gasteiger charge is -2.15. The first-order valence-corrected chi connectivity index (χ1v) is 5.13. The lowest BCUT2D eigenvalue weighted by Crippen LogP contribution is -2.25. The van der Waals surface area contributed by atoms with Gasteiger partial charge in [-0.05, 0) is 33.2 Å².